The van der Waals surface area contributed by atoms with Crippen molar-refractivity contribution in [2.24, 2.45) is 11.8 Å². The van der Waals surface area contributed by atoms with E-state index >= 15 is 0 Å². The second kappa shape index (κ2) is 11.2. The topological polar surface area (TPSA) is 32.8 Å². The van der Waals surface area contributed by atoms with Gasteiger partial charge in [-0.1, -0.05) is 32.0 Å². The van der Waals surface area contributed by atoms with Crippen molar-refractivity contribution in [1.29, 1.82) is 0 Å². The fourth-order valence-corrected chi connectivity index (χ4v) is 5.63. The van der Waals surface area contributed by atoms with Crippen LogP contribution in [0, 0.1) is 17.7 Å². The molecule has 2 aromatic carbocycles. The van der Waals surface area contributed by atoms with Crippen LogP contribution < -0.4 is 4.74 Å². The zero-order valence-corrected chi connectivity index (χ0v) is 20.9. The van der Waals surface area contributed by atoms with E-state index in [-0.39, 0.29) is 17.6 Å². The molecule has 1 saturated heterocycles. The number of amides is 1. The fraction of sp³-hybridized carbons (Fsp3) is 0.393. The first kappa shape index (κ1) is 24.4. The molecule has 0 spiro atoms. The highest BCUT2D eigenvalue weighted by Crippen LogP contribution is 2.36. The summed E-state index contributed by atoms with van der Waals surface area (Å²) in [6.07, 6.45) is 0. The molecule has 0 saturated carbocycles. The minimum absolute atomic E-state index is 0.0326. The highest BCUT2D eigenvalue weighted by molar-refractivity contribution is 7.09. The lowest BCUT2D eigenvalue weighted by Gasteiger charge is -2.30. The minimum Gasteiger partial charge on any atom is -0.497 e. The zero-order valence-electron chi connectivity index (χ0n) is 20.1. The molecule has 6 heteroatoms. The molecule has 0 unspecified atom stereocenters. The van der Waals surface area contributed by atoms with Crippen molar-refractivity contribution < 1.29 is 13.9 Å². The van der Waals surface area contributed by atoms with Crippen LogP contribution >= 0.6 is 11.3 Å². The van der Waals surface area contributed by atoms with Gasteiger partial charge in [-0.2, -0.15) is 0 Å². The average Bonchev–Trinajstić information content (AvgIpc) is 3.48. The molecule has 4 nitrogen and oxygen atoms in total. The molecule has 0 N–H and O–H groups in total. The van der Waals surface area contributed by atoms with E-state index in [9.17, 15) is 9.18 Å². The lowest BCUT2D eigenvalue weighted by Crippen LogP contribution is -2.39. The predicted octanol–water partition coefficient (Wildman–Crippen LogP) is 5.91. The van der Waals surface area contributed by atoms with Crippen molar-refractivity contribution in [2.75, 3.05) is 33.3 Å². The van der Waals surface area contributed by atoms with Crippen molar-refractivity contribution in [3.63, 3.8) is 0 Å². The summed E-state index contributed by atoms with van der Waals surface area (Å²) in [5.41, 5.74) is 1.78. The maximum absolute atomic E-state index is 13.4. The Labute approximate surface area is 206 Å². The van der Waals surface area contributed by atoms with Crippen LogP contribution in [-0.4, -0.2) is 49.0 Å². The van der Waals surface area contributed by atoms with Crippen LogP contribution in [0.15, 0.2) is 66.0 Å². The SMILES string of the molecule is COc1cccc([C@H]2CN(Cc3cccs3)C[C@H]2CN(CC(C)C)C(=O)c2ccc(F)cc2)c1. The summed E-state index contributed by atoms with van der Waals surface area (Å²) in [6.45, 7) is 8.37. The Hall–Kier alpha value is -2.70. The first-order chi connectivity index (χ1) is 16.4. The van der Waals surface area contributed by atoms with Crippen LogP contribution in [0.4, 0.5) is 4.39 Å². The number of ether oxygens (including phenoxy) is 1. The highest BCUT2D eigenvalue weighted by Gasteiger charge is 2.36. The van der Waals surface area contributed by atoms with Gasteiger partial charge in [-0.3, -0.25) is 9.69 Å². The van der Waals surface area contributed by atoms with Crippen molar-refractivity contribution in [3.8, 4) is 5.75 Å². The Morgan fingerprint density at radius 2 is 1.94 bits per heavy atom. The molecular weight excluding hydrogens is 447 g/mol. The summed E-state index contributed by atoms with van der Waals surface area (Å²) in [5.74, 6) is 1.42. The second-order valence-electron chi connectivity index (χ2n) is 9.53. The van der Waals surface area contributed by atoms with Gasteiger partial charge in [0.2, 0.25) is 0 Å². The summed E-state index contributed by atoms with van der Waals surface area (Å²) in [7, 11) is 1.69. The quantitative estimate of drug-likeness (QED) is 0.382. The smallest absolute Gasteiger partial charge is 0.253 e. The van der Waals surface area contributed by atoms with Crippen LogP contribution in [0.3, 0.4) is 0 Å². The lowest BCUT2D eigenvalue weighted by molar-refractivity contribution is 0.0703. The van der Waals surface area contributed by atoms with E-state index in [1.165, 1.54) is 22.6 Å². The molecule has 0 bridgehead atoms. The molecule has 0 radical (unpaired) electrons. The number of rotatable bonds is 9. The third-order valence-corrected chi connectivity index (χ3v) is 7.28. The van der Waals surface area contributed by atoms with Crippen LogP contribution in [-0.2, 0) is 6.54 Å². The maximum Gasteiger partial charge on any atom is 0.253 e. The highest BCUT2D eigenvalue weighted by atomic mass is 32.1. The number of nitrogens with zero attached hydrogens (tertiary/aromatic N) is 2. The predicted molar refractivity (Wildman–Crippen MR) is 136 cm³/mol. The number of hydrogen-bond donors (Lipinski definition) is 0. The fourth-order valence-electron chi connectivity index (χ4n) is 4.89. The normalized spacial score (nSPS) is 18.4. The Kier molecular flexibility index (Phi) is 8.01. The molecule has 1 aliphatic heterocycles. The zero-order chi connectivity index (χ0) is 24.1. The van der Waals surface area contributed by atoms with Gasteiger partial charge in [0.1, 0.15) is 11.6 Å². The van der Waals surface area contributed by atoms with Gasteiger partial charge in [0.05, 0.1) is 7.11 Å². The summed E-state index contributed by atoms with van der Waals surface area (Å²) >= 11 is 1.78. The van der Waals surface area contributed by atoms with E-state index in [1.54, 1.807) is 30.6 Å². The van der Waals surface area contributed by atoms with Gasteiger partial charge >= 0.3 is 0 Å². The van der Waals surface area contributed by atoms with Gasteiger partial charge in [-0.15, -0.1) is 11.3 Å². The van der Waals surface area contributed by atoms with Crippen LogP contribution in [0.2, 0.25) is 0 Å². The Morgan fingerprint density at radius 1 is 1.15 bits per heavy atom. The maximum atomic E-state index is 13.4. The van der Waals surface area contributed by atoms with E-state index in [0.717, 1.165) is 25.4 Å². The van der Waals surface area contributed by atoms with Crippen molar-refractivity contribution >= 4 is 17.2 Å². The number of hydrogen-bond acceptors (Lipinski definition) is 4. The van der Waals surface area contributed by atoms with Crippen molar-refractivity contribution in [3.05, 3.63) is 87.9 Å². The molecule has 34 heavy (non-hydrogen) atoms. The summed E-state index contributed by atoms with van der Waals surface area (Å²) in [4.78, 5) is 19.2. The number of carbonyl (C=O) groups excluding carboxylic acids is 1. The van der Waals surface area contributed by atoms with Gasteiger partial charge < -0.3 is 9.64 Å². The first-order valence-corrected chi connectivity index (χ1v) is 12.7. The number of methoxy groups -OCH3 is 1. The number of thiophene rings is 1. The van der Waals surface area contributed by atoms with E-state index in [2.05, 4.69) is 48.4 Å². The number of benzene rings is 2. The van der Waals surface area contributed by atoms with E-state index in [4.69, 9.17) is 4.74 Å². The molecule has 1 fully saturated rings. The molecule has 180 valence electrons. The Bertz CT molecular complexity index is 1070. The van der Waals surface area contributed by atoms with Crippen LogP contribution in [0.1, 0.15) is 40.6 Å². The number of halogens is 1. The number of carbonyl (C=O) groups is 1. The summed E-state index contributed by atoms with van der Waals surface area (Å²) in [6, 6.07) is 18.5. The standard InChI is InChI=1S/C28H33FN2O2S/c1-20(2)15-31(28(32)21-9-11-24(29)12-10-21)17-23-16-30(18-26-8-5-13-34-26)19-27(23)22-6-4-7-25(14-22)33-3/h4-14,20,23,27H,15-19H2,1-3H3/t23-,27+/m0/s1. The molecule has 2 atom stereocenters. The molecule has 1 aromatic heterocycles. The van der Waals surface area contributed by atoms with Crippen molar-refractivity contribution in [2.45, 2.75) is 26.3 Å². The monoisotopic (exact) mass is 480 g/mol. The number of likely N-dealkylation sites (tertiary alicyclic amines) is 1. The molecular formula is C28H33FN2O2S. The molecule has 4 rings (SSSR count). The average molecular weight is 481 g/mol. The van der Waals surface area contributed by atoms with Gasteiger partial charge in [0, 0.05) is 49.1 Å². The van der Waals surface area contributed by atoms with Crippen LogP contribution in [0.25, 0.3) is 0 Å². The van der Waals surface area contributed by atoms with Crippen LogP contribution in [0.5, 0.6) is 5.75 Å². The molecule has 3 aromatic rings. The minimum atomic E-state index is -0.329. The third kappa shape index (κ3) is 6.05. The van der Waals surface area contributed by atoms with Gasteiger partial charge in [-0.05, 0) is 65.2 Å². The molecule has 0 aliphatic carbocycles. The van der Waals surface area contributed by atoms with Gasteiger partial charge in [-0.25, -0.2) is 4.39 Å². The molecule has 1 aliphatic rings. The van der Waals surface area contributed by atoms with Gasteiger partial charge in [0.25, 0.3) is 5.91 Å². The first-order valence-electron chi connectivity index (χ1n) is 11.9. The molecule has 1 amide bonds. The van der Waals surface area contributed by atoms with E-state index in [1.807, 2.05) is 17.0 Å². The van der Waals surface area contributed by atoms with E-state index in [0.29, 0.717) is 30.5 Å². The van der Waals surface area contributed by atoms with E-state index < -0.39 is 0 Å². The third-order valence-electron chi connectivity index (χ3n) is 6.42. The van der Waals surface area contributed by atoms with Crippen molar-refractivity contribution in [1.82, 2.24) is 9.80 Å². The second-order valence-corrected chi connectivity index (χ2v) is 10.6. The van der Waals surface area contributed by atoms with Gasteiger partial charge in [0.15, 0.2) is 0 Å². The lowest BCUT2D eigenvalue weighted by atomic mass is 9.88. The molecule has 2 heterocycles. The summed E-state index contributed by atoms with van der Waals surface area (Å²) in [5, 5.41) is 2.12. The largest absolute Gasteiger partial charge is 0.497 e. The Morgan fingerprint density at radius 3 is 2.62 bits per heavy atom. The Balaban J connectivity index is 1.59. The summed E-state index contributed by atoms with van der Waals surface area (Å²) < 4.78 is 18.9.